The van der Waals surface area contributed by atoms with Gasteiger partial charge in [0.1, 0.15) is 0 Å². The average molecular weight is 243 g/mol. The Balaban J connectivity index is 0.000000138. The summed E-state index contributed by atoms with van der Waals surface area (Å²) in [5, 5.41) is 0. The van der Waals surface area contributed by atoms with Crippen LogP contribution in [0.15, 0.2) is 60.7 Å². The van der Waals surface area contributed by atoms with E-state index >= 15 is 0 Å². The SMILES string of the molecule is [Ti][c]1nc2ccccc2[nH]1.c1ccccc1. The molecule has 1 heterocycles. The van der Waals surface area contributed by atoms with Crippen LogP contribution in [0.5, 0.6) is 0 Å². The van der Waals surface area contributed by atoms with E-state index in [0.717, 1.165) is 15.2 Å². The molecule has 0 spiro atoms. The van der Waals surface area contributed by atoms with Crippen LogP contribution in [0.3, 0.4) is 0 Å². The van der Waals surface area contributed by atoms with Crippen molar-refractivity contribution in [2.45, 2.75) is 0 Å². The third-order valence-corrected chi connectivity index (χ3v) is 2.43. The molecule has 0 saturated heterocycles. The van der Waals surface area contributed by atoms with Gasteiger partial charge < -0.3 is 0 Å². The topological polar surface area (TPSA) is 28.7 Å². The van der Waals surface area contributed by atoms with Crippen LogP contribution in [0.25, 0.3) is 11.0 Å². The van der Waals surface area contributed by atoms with Gasteiger partial charge in [0.15, 0.2) is 0 Å². The number of fused-ring (bicyclic) bond motifs is 1. The Bertz CT molecular complexity index is 486. The van der Waals surface area contributed by atoms with E-state index in [9.17, 15) is 0 Å². The van der Waals surface area contributed by atoms with E-state index in [1.807, 2.05) is 81.1 Å². The largest absolute Gasteiger partial charge is 0.0623 e. The fraction of sp³-hybridized carbons (Fsp3) is 0. The summed E-state index contributed by atoms with van der Waals surface area (Å²) in [6.45, 7) is 0. The van der Waals surface area contributed by atoms with Crippen LogP contribution in [-0.2, 0) is 20.4 Å². The summed E-state index contributed by atoms with van der Waals surface area (Å²) in [4.78, 5) is 7.40. The van der Waals surface area contributed by atoms with Crippen LogP contribution >= 0.6 is 0 Å². The van der Waals surface area contributed by atoms with E-state index in [-0.39, 0.29) is 0 Å². The molecule has 0 bridgehead atoms. The summed E-state index contributed by atoms with van der Waals surface area (Å²) in [5.41, 5.74) is 2.15. The van der Waals surface area contributed by atoms with Gasteiger partial charge in [-0.25, -0.2) is 0 Å². The molecule has 0 fully saturated rings. The van der Waals surface area contributed by atoms with Crippen molar-refractivity contribution in [1.82, 2.24) is 9.97 Å². The van der Waals surface area contributed by atoms with Crippen molar-refractivity contribution in [3.63, 3.8) is 0 Å². The maximum absolute atomic E-state index is 4.26. The molecule has 0 radical (unpaired) electrons. The van der Waals surface area contributed by atoms with Gasteiger partial charge in [-0.1, -0.05) is 36.4 Å². The molecule has 77 valence electrons. The molecule has 16 heavy (non-hydrogen) atoms. The van der Waals surface area contributed by atoms with Crippen molar-refractivity contribution in [3.05, 3.63) is 60.7 Å². The summed E-state index contributed by atoms with van der Waals surface area (Å²) < 4.78 is 0.973. The molecule has 0 unspecified atom stereocenters. The van der Waals surface area contributed by atoms with E-state index in [2.05, 4.69) is 9.97 Å². The van der Waals surface area contributed by atoms with Gasteiger partial charge in [0.05, 0.1) is 0 Å². The third kappa shape index (κ3) is 3.06. The second-order valence-corrected chi connectivity index (χ2v) is 4.00. The number of imidazole rings is 1. The molecule has 3 heteroatoms. The molecule has 2 aromatic carbocycles. The van der Waals surface area contributed by atoms with Crippen molar-refractivity contribution >= 4 is 15.2 Å². The number of aromatic nitrogens is 2. The van der Waals surface area contributed by atoms with Crippen LogP contribution in [0.4, 0.5) is 0 Å². The number of benzene rings is 2. The van der Waals surface area contributed by atoms with Crippen molar-refractivity contribution < 1.29 is 20.4 Å². The minimum atomic E-state index is 0.973. The van der Waals surface area contributed by atoms with E-state index in [4.69, 9.17) is 0 Å². The molecule has 2 nitrogen and oxygen atoms in total. The molecule has 1 aromatic heterocycles. The van der Waals surface area contributed by atoms with Gasteiger partial charge in [0, 0.05) is 0 Å². The van der Waals surface area contributed by atoms with E-state index in [0.29, 0.717) is 0 Å². The van der Waals surface area contributed by atoms with Gasteiger partial charge in [-0.05, 0) is 0 Å². The maximum Gasteiger partial charge on any atom is -0.0623 e. The number of hydrogen-bond donors (Lipinski definition) is 1. The van der Waals surface area contributed by atoms with Crippen LogP contribution in [0.2, 0.25) is 0 Å². The van der Waals surface area contributed by atoms with Gasteiger partial charge in [-0.3, -0.25) is 0 Å². The van der Waals surface area contributed by atoms with E-state index in [1.54, 1.807) is 0 Å². The van der Waals surface area contributed by atoms with Gasteiger partial charge in [-0.2, -0.15) is 0 Å². The molecular formula is C13H11N2Ti. The van der Waals surface area contributed by atoms with Gasteiger partial charge in [0.2, 0.25) is 0 Å². The van der Waals surface area contributed by atoms with Crippen molar-refractivity contribution in [1.29, 1.82) is 0 Å². The molecule has 3 rings (SSSR count). The fourth-order valence-electron chi connectivity index (χ4n) is 1.34. The molecule has 0 saturated carbocycles. The average Bonchev–Trinajstić information content (AvgIpc) is 2.72. The molecule has 1 N–H and O–H groups in total. The molecule has 0 aliphatic carbocycles. The Morgan fingerprint density at radius 1 is 0.812 bits per heavy atom. The Morgan fingerprint density at radius 2 is 1.38 bits per heavy atom. The first kappa shape index (κ1) is 11.1. The number of H-pyrrole nitrogens is 1. The minimum absolute atomic E-state index is 0.973. The predicted molar refractivity (Wildman–Crippen MR) is 62.2 cm³/mol. The minimum Gasteiger partial charge on any atom is -0.0623 e. The standard InChI is InChI=1S/C7H5N2.C6H6.Ti/c1-2-4-7-6(3-1)8-5-9-7;1-2-4-6-5-3-1;/h1-4H,(H,8,9);1-6H;. The zero-order valence-corrected chi connectivity index (χ0v) is 10.3. The molecule has 0 atom stereocenters. The molecule has 0 amide bonds. The smallest absolute Gasteiger partial charge is 0.0623 e. The zero-order valence-electron chi connectivity index (χ0n) is 8.72. The first-order chi connectivity index (χ1) is 7.86. The molecule has 0 aliphatic heterocycles. The van der Waals surface area contributed by atoms with Crippen molar-refractivity contribution in [3.8, 4) is 0 Å². The Hall–Kier alpha value is -1.38. The summed E-state index contributed by atoms with van der Waals surface area (Å²) in [6, 6.07) is 20.0. The third-order valence-electron chi connectivity index (χ3n) is 2.06. The van der Waals surface area contributed by atoms with Crippen LogP contribution < -0.4 is 4.13 Å². The number of rotatable bonds is 0. The second kappa shape index (κ2) is 5.64. The van der Waals surface area contributed by atoms with Crippen molar-refractivity contribution in [2.24, 2.45) is 0 Å². The van der Waals surface area contributed by atoms with Gasteiger partial charge in [0.25, 0.3) is 0 Å². The van der Waals surface area contributed by atoms with Crippen LogP contribution in [0, 0.1) is 0 Å². The molecule has 3 aromatic rings. The summed E-state index contributed by atoms with van der Waals surface area (Å²) >= 11 is 1.96. The quantitative estimate of drug-likeness (QED) is 0.603. The Morgan fingerprint density at radius 3 is 1.94 bits per heavy atom. The van der Waals surface area contributed by atoms with E-state index in [1.165, 1.54) is 0 Å². The Labute approximate surface area is 106 Å². The maximum atomic E-state index is 4.26. The van der Waals surface area contributed by atoms with Crippen LogP contribution in [0.1, 0.15) is 0 Å². The van der Waals surface area contributed by atoms with E-state index < -0.39 is 0 Å². The Kier molecular flexibility index (Phi) is 3.92. The number of nitrogens with one attached hydrogen (secondary N) is 1. The second-order valence-electron chi connectivity index (χ2n) is 3.26. The molecular weight excluding hydrogens is 232 g/mol. The van der Waals surface area contributed by atoms with Crippen LogP contribution in [-0.4, -0.2) is 9.97 Å². The monoisotopic (exact) mass is 243 g/mol. The first-order valence-electron chi connectivity index (χ1n) is 5.02. The summed E-state index contributed by atoms with van der Waals surface area (Å²) in [5.74, 6) is 0. The summed E-state index contributed by atoms with van der Waals surface area (Å²) in [7, 11) is 0. The fourth-order valence-corrected chi connectivity index (χ4v) is 1.74. The molecule has 0 aliphatic rings. The number of nitrogens with zero attached hydrogens (tertiary/aromatic N) is 1. The number of hydrogen-bond acceptors (Lipinski definition) is 1. The number of para-hydroxylation sites is 2. The first-order valence-corrected chi connectivity index (χ1v) is 5.81. The van der Waals surface area contributed by atoms with Crippen molar-refractivity contribution in [2.75, 3.05) is 0 Å². The predicted octanol–water partition coefficient (Wildman–Crippen LogP) is 2.42. The summed E-state index contributed by atoms with van der Waals surface area (Å²) in [6.07, 6.45) is 0. The van der Waals surface area contributed by atoms with Gasteiger partial charge >= 0.3 is 69.8 Å². The number of aromatic amines is 1. The normalized spacial score (nSPS) is 9.44. The van der Waals surface area contributed by atoms with Gasteiger partial charge in [-0.15, -0.1) is 0 Å². The zero-order chi connectivity index (χ0) is 11.2.